The molecule has 0 radical (unpaired) electrons. The summed E-state index contributed by atoms with van der Waals surface area (Å²) in [5.74, 6) is 0.516. The number of hydrogen-bond acceptors (Lipinski definition) is 4. The molecule has 1 fully saturated rings. The molecule has 2 aromatic rings. The summed E-state index contributed by atoms with van der Waals surface area (Å²) >= 11 is 0. The first-order chi connectivity index (χ1) is 12.8. The molecule has 1 aromatic carbocycles. The smallest absolute Gasteiger partial charge is 0.282 e. The van der Waals surface area contributed by atoms with Crippen molar-refractivity contribution in [3.8, 4) is 5.69 Å². The van der Waals surface area contributed by atoms with Crippen LogP contribution in [0.1, 0.15) is 57.0 Å². The van der Waals surface area contributed by atoms with Gasteiger partial charge in [0.1, 0.15) is 17.3 Å². The average molecular weight is 373 g/mol. The van der Waals surface area contributed by atoms with Crippen LogP contribution in [0.15, 0.2) is 24.3 Å². The Morgan fingerprint density at radius 1 is 1.26 bits per heavy atom. The third kappa shape index (κ3) is 4.35. The van der Waals surface area contributed by atoms with E-state index in [2.05, 4.69) is 36.3 Å². The molecule has 0 aliphatic carbocycles. The van der Waals surface area contributed by atoms with Gasteiger partial charge in [0.2, 0.25) is 5.82 Å². The van der Waals surface area contributed by atoms with Crippen LogP contribution in [0.3, 0.4) is 0 Å². The van der Waals surface area contributed by atoms with Gasteiger partial charge in [0, 0.05) is 19.5 Å². The Labute approximate surface area is 159 Å². The van der Waals surface area contributed by atoms with Crippen LogP contribution in [0.2, 0.25) is 0 Å². The summed E-state index contributed by atoms with van der Waals surface area (Å²) in [6.45, 7) is 10.3. The number of hydrogen-bond donors (Lipinski definition) is 1. The molecular formula is C20H28FN5O. The lowest BCUT2D eigenvalue weighted by Crippen LogP contribution is -2.48. The van der Waals surface area contributed by atoms with Crippen LogP contribution in [-0.4, -0.2) is 38.8 Å². The topological polar surface area (TPSA) is 63.1 Å². The van der Waals surface area contributed by atoms with E-state index in [0.717, 1.165) is 25.9 Å². The fraction of sp³-hybridized carbons (Fsp3) is 0.550. The zero-order valence-corrected chi connectivity index (χ0v) is 16.5. The fourth-order valence-corrected chi connectivity index (χ4v) is 3.54. The van der Waals surface area contributed by atoms with Crippen molar-refractivity contribution < 1.29 is 9.18 Å². The molecule has 6 nitrogen and oxygen atoms in total. The van der Waals surface area contributed by atoms with Gasteiger partial charge in [0.05, 0.1) is 0 Å². The molecule has 0 saturated carbocycles. The maximum atomic E-state index is 14.1. The van der Waals surface area contributed by atoms with Gasteiger partial charge in [-0.05, 0) is 36.3 Å². The lowest BCUT2D eigenvalue weighted by Gasteiger charge is -2.38. The van der Waals surface area contributed by atoms with Crippen LogP contribution >= 0.6 is 0 Å². The molecule has 27 heavy (non-hydrogen) atoms. The van der Waals surface area contributed by atoms with Gasteiger partial charge in [0.15, 0.2) is 0 Å². The highest BCUT2D eigenvalue weighted by atomic mass is 19.1. The van der Waals surface area contributed by atoms with Gasteiger partial charge in [-0.1, -0.05) is 39.8 Å². The first-order valence-electron chi connectivity index (χ1n) is 9.56. The minimum Gasteiger partial charge on any atom is -0.282 e. The molecule has 0 atom stereocenters. The predicted molar refractivity (Wildman–Crippen MR) is 102 cm³/mol. The second-order valence-corrected chi connectivity index (χ2v) is 8.14. The maximum absolute atomic E-state index is 14.1. The largest absolute Gasteiger partial charge is 0.305 e. The SMILES string of the molecule is CCc1nc(C(=O)NN2CCC(C(C)(C)C)CC2)nn1-c1ccccc1F. The van der Waals surface area contributed by atoms with Crippen molar-refractivity contribution in [3.05, 3.63) is 41.7 Å². The highest BCUT2D eigenvalue weighted by molar-refractivity contribution is 5.90. The molecule has 3 rings (SSSR count). The Morgan fingerprint density at radius 3 is 2.52 bits per heavy atom. The van der Waals surface area contributed by atoms with Crippen LogP contribution in [0.4, 0.5) is 4.39 Å². The molecule has 0 spiro atoms. The number of para-hydroxylation sites is 1. The van der Waals surface area contributed by atoms with Crippen molar-refractivity contribution in [3.63, 3.8) is 0 Å². The van der Waals surface area contributed by atoms with E-state index in [4.69, 9.17) is 0 Å². The minimum atomic E-state index is -0.395. The first-order valence-corrected chi connectivity index (χ1v) is 9.56. The van der Waals surface area contributed by atoms with E-state index in [-0.39, 0.29) is 17.1 Å². The molecule has 0 unspecified atom stereocenters. The van der Waals surface area contributed by atoms with Gasteiger partial charge in [-0.3, -0.25) is 10.2 Å². The molecule has 1 aliphatic rings. The van der Waals surface area contributed by atoms with Gasteiger partial charge in [-0.15, -0.1) is 5.10 Å². The fourth-order valence-electron chi connectivity index (χ4n) is 3.54. The van der Waals surface area contributed by atoms with Crippen LogP contribution < -0.4 is 5.43 Å². The van der Waals surface area contributed by atoms with E-state index in [1.54, 1.807) is 18.2 Å². The standard InChI is InChI=1S/C20H28FN5O/c1-5-17-22-18(23-26(17)16-9-7-6-8-15(16)21)19(27)24-25-12-10-14(11-13-25)20(2,3)4/h6-9,14H,5,10-13H2,1-4H3,(H,24,27). The Kier molecular flexibility index (Phi) is 5.60. The summed E-state index contributed by atoms with van der Waals surface area (Å²) in [6, 6.07) is 6.35. The number of aryl methyl sites for hydroxylation is 1. The first kappa shape index (κ1) is 19.5. The Bertz CT molecular complexity index is 803. The van der Waals surface area contributed by atoms with E-state index in [1.807, 2.05) is 11.9 Å². The summed E-state index contributed by atoms with van der Waals surface area (Å²) in [4.78, 5) is 16.9. The van der Waals surface area contributed by atoms with Gasteiger partial charge >= 0.3 is 5.91 Å². The number of carbonyl (C=O) groups is 1. The number of nitrogens with zero attached hydrogens (tertiary/aromatic N) is 4. The Morgan fingerprint density at radius 2 is 1.93 bits per heavy atom. The van der Waals surface area contributed by atoms with E-state index >= 15 is 0 Å². The number of piperidine rings is 1. The summed E-state index contributed by atoms with van der Waals surface area (Å²) < 4.78 is 15.5. The zero-order valence-electron chi connectivity index (χ0n) is 16.5. The Balaban J connectivity index is 1.70. The zero-order chi connectivity index (χ0) is 19.6. The number of carbonyl (C=O) groups excluding carboxylic acids is 1. The lowest BCUT2D eigenvalue weighted by molar-refractivity contribution is 0.0568. The molecular weight excluding hydrogens is 345 g/mol. The monoisotopic (exact) mass is 373 g/mol. The molecule has 0 bridgehead atoms. The van der Waals surface area contributed by atoms with Crippen LogP contribution in [-0.2, 0) is 6.42 Å². The van der Waals surface area contributed by atoms with E-state index < -0.39 is 5.82 Å². The quantitative estimate of drug-likeness (QED) is 0.892. The van der Waals surface area contributed by atoms with Gasteiger partial charge in [-0.25, -0.2) is 19.1 Å². The third-order valence-electron chi connectivity index (χ3n) is 5.25. The normalized spacial score (nSPS) is 16.5. The summed E-state index contributed by atoms with van der Waals surface area (Å²) in [5, 5.41) is 6.19. The van der Waals surface area contributed by atoms with E-state index in [0.29, 0.717) is 23.9 Å². The van der Waals surface area contributed by atoms with Crippen molar-refractivity contribution >= 4 is 5.91 Å². The lowest BCUT2D eigenvalue weighted by atomic mass is 9.75. The van der Waals surface area contributed by atoms with Crippen LogP contribution in [0, 0.1) is 17.2 Å². The van der Waals surface area contributed by atoms with E-state index in [1.165, 1.54) is 10.7 Å². The molecule has 1 amide bonds. The van der Waals surface area contributed by atoms with E-state index in [9.17, 15) is 9.18 Å². The second kappa shape index (κ2) is 7.76. The predicted octanol–water partition coefficient (Wildman–Crippen LogP) is 3.37. The number of rotatable bonds is 4. The van der Waals surface area contributed by atoms with Gasteiger partial charge in [0.25, 0.3) is 0 Å². The second-order valence-electron chi connectivity index (χ2n) is 8.14. The van der Waals surface area contributed by atoms with Crippen LogP contribution in [0.5, 0.6) is 0 Å². The minimum absolute atomic E-state index is 0.0630. The van der Waals surface area contributed by atoms with Crippen molar-refractivity contribution in [1.82, 2.24) is 25.2 Å². The number of aromatic nitrogens is 3. The molecule has 1 aliphatic heterocycles. The highest BCUT2D eigenvalue weighted by Gasteiger charge is 2.30. The number of halogens is 1. The summed E-state index contributed by atoms with van der Waals surface area (Å²) in [6.07, 6.45) is 2.63. The summed E-state index contributed by atoms with van der Waals surface area (Å²) in [7, 11) is 0. The molecule has 146 valence electrons. The molecule has 1 aromatic heterocycles. The number of hydrazine groups is 1. The molecule has 1 saturated heterocycles. The highest BCUT2D eigenvalue weighted by Crippen LogP contribution is 2.33. The molecule has 1 N–H and O–H groups in total. The molecule has 2 heterocycles. The third-order valence-corrected chi connectivity index (χ3v) is 5.25. The maximum Gasteiger partial charge on any atom is 0.305 e. The average Bonchev–Trinajstić information content (AvgIpc) is 3.06. The van der Waals surface area contributed by atoms with Crippen LogP contribution in [0.25, 0.3) is 5.69 Å². The molecule has 7 heteroatoms. The van der Waals surface area contributed by atoms with Crippen molar-refractivity contribution in [1.29, 1.82) is 0 Å². The van der Waals surface area contributed by atoms with Crippen molar-refractivity contribution in [2.24, 2.45) is 11.3 Å². The van der Waals surface area contributed by atoms with Crippen molar-refractivity contribution in [2.45, 2.75) is 47.0 Å². The van der Waals surface area contributed by atoms with Crippen molar-refractivity contribution in [2.75, 3.05) is 13.1 Å². The van der Waals surface area contributed by atoms with Gasteiger partial charge in [-0.2, -0.15) is 0 Å². The number of nitrogens with one attached hydrogen (secondary N) is 1. The summed E-state index contributed by atoms with van der Waals surface area (Å²) in [5.41, 5.74) is 3.48. The number of benzene rings is 1. The van der Waals surface area contributed by atoms with Gasteiger partial charge < -0.3 is 0 Å². The Hall–Kier alpha value is -2.28. The number of amides is 1.